The number of aliphatic hydroxyl groups excluding tert-OH is 10. The first-order chi connectivity index (χ1) is 36.1. The number of hydrogen-bond acceptors (Lipinski definition) is 16. The normalized spacial score (nSPS) is 27.2. The van der Waals surface area contributed by atoms with Gasteiger partial charge in [-0.15, -0.1) is 0 Å². The Morgan fingerprint density at radius 1 is 0.507 bits per heavy atom. The van der Waals surface area contributed by atoms with Gasteiger partial charge in [0.15, 0.2) is 6.29 Å². The third-order valence-corrected chi connectivity index (χ3v) is 16.4. The Balaban J connectivity index is 1.89. The first-order valence-corrected chi connectivity index (χ1v) is 31.6. The minimum absolute atomic E-state index is 0.0912. The maximum Gasteiger partial charge on any atom is 0.472 e. The molecular formula is C56H110NO17P. The van der Waals surface area contributed by atoms with E-state index in [2.05, 4.69) is 19.2 Å². The fraction of sp³-hybridized carbons (Fsp3) is 0.982. The van der Waals surface area contributed by atoms with Crippen LogP contribution in [-0.4, -0.2) is 161 Å². The van der Waals surface area contributed by atoms with Crippen molar-refractivity contribution in [3.63, 3.8) is 0 Å². The predicted octanol–water partition coefficient (Wildman–Crippen LogP) is 7.81. The van der Waals surface area contributed by atoms with Crippen molar-refractivity contribution in [2.75, 3.05) is 13.2 Å². The Kier molecular flexibility index (Phi) is 40.2. The lowest BCUT2D eigenvalue weighted by Gasteiger charge is -2.47. The van der Waals surface area contributed by atoms with Gasteiger partial charge in [0.2, 0.25) is 5.91 Å². The number of hydrogen-bond donors (Lipinski definition) is 12. The second kappa shape index (κ2) is 42.9. The van der Waals surface area contributed by atoms with Gasteiger partial charge in [-0.2, -0.15) is 0 Å². The van der Waals surface area contributed by atoms with Crippen molar-refractivity contribution in [2.24, 2.45) is 0 Å². The van der Waals surface area contributed by atoms with E-state index in [0.717, 1.165) is 51.4 Å². The average molecular weight is 1100 g/mol. The molecule has 2 rings (SSSR count). The van der Waals surface area contributed by atoms with Crippen LogP contribution in [0, 0.1) is 0 Å². The molecule has 2 fully saturated rings. The van der Waals surface area contributed by atoms with Crippen LogP contribution in [0.5, 0.6) is 0 Å². The van der Waals surface area contributed by atoms with Crippen molar-refractivity contribution in [3.8, 4) is 0 Å². The van der Waals surface area contributed by atoms with E-state index in [0.29, 0.717) is 12.8 Å². The zero-order valence-corrected chi connectivity index (χ0v) is 47.4. The van der Waals surface area contributed by atoms with Crippen LogP contribution in [0.2, 0.25) is 0 Å². The maximum atomic E-state index is 13.6. The van der Waals surface area contributed by atoms with Crippen LogP contribution >= 0.6 is 7.82 Å². The van der Waals surface area contributed by atoms with Crippen molar-refractivity contribution in [2.45, 2.75) is 337 Å². The molecular weight excluding hydrogens is 990 g/mol. The second-order valence-corrected chi connectivity index (χ2v) is 23.4. The van der Waals surface area contributed by atoms with Gasteiger partial charge in [0.25, 0.3) is 0 Å². The fourth-order valence-corrected chi connectivity index (χ4v) is 11.3. The minimum atomic E-state index is -5.42. The van der Waals surface area contributed by atoms with Gasteiger partial charge in [-0.1, -0.05) is 232 Å². The van der Waals surface area contributed by atoms with Crippen molar-refractivity contribution in [3.05, 3.63) is 0 Å². The van der Waals surface area contributed by atoms with Gasteiger partial charge in [0.05, 0.1) is 25.4 Å². The van der Waals surface area contributed by atoms with E-state index < -0.39 is 113 Å². The molecule has 0 bridgehead atoms. The first kappa shape index (κ1) is 70.2. The molecule has 1 saturated carbocycles. The van der Waals surface area contributed by atoms with Crippen LogP contribution in [0.25, 0.3) is 0 Å². The van der Waals surface area contributed by atoms with Gasteiger partial charge in [0, 0.05) is 6.42 Å². The molecule has 12 N–H and O–H groups in total. The summed E-state index contributed by atoms with van der Waals surface area (Å²) in [5, 5.41) is 109. The van der Waals surface area contributed by atoms with E-state index in [1.165, 1.54) is 161 Å². The molecule has 0 spiro atoms. The standard InChI is InChI=1S/C56H110NO17P/c1-3-5-7-9-11-13-15-17-19-20-21-22-23-24-25-27-29-31-33-35-37-39-45(60)57-42(46(61)43(59)38-36-34-32-30-28-26-18-16-14-12-10-8-6-4-2)41-71-75(69,70)74-55-52(67)50(65)49(64)51(66)54(55)73-56-53(68)48(63)47(62)44(40-58)72-56/h42-44,46-56,58-59,61-68H,3-41H2,1-2H3,(H,57,60)(H,69,70)/t42-,43?,44+,46-,47+,48-,49+,50+,51-,52+,53-,54+,55+,56?/m0/s1. The number of phosphoric acid groups is 1. The lowest BCUT2D eigenvalue weighted by atomic mass is 9.84. The molecule has 15 atom stereocenters. The summed E-state index contributed by atoms with van der Waals surface area (Å²) in [7, 11) is -5.42. The van der Waals surface area contributed by atoms with Gasteiger partial charge in [0.1, 0.15) is 67.1 Å². The topological polar surface area (TPSA) is 306 Å². The molecule has 0 radical (unpaired) electrons. The molecule has 1 heterocycles. The lowest BCUT2D eigenvalue weighted by molar-refractivity contribution is -0.338. The summed E-state index contributed by atoms with van der Waals surface area (Å²) >= 11 is 0. The number of nitrogens with one attached hydrogen (secondary N) is 1. The quantitative estimate of drug-likeness (QED) is 0.0204. The average Bonchev–Trinajstić information content (AvgIpc) is 3.39. The summed E-state index contributed by atoms with van der Waals surface area (Å²) < 4.78 is 34.9. The van der Waals surface area contributed by atoms with Crippen LogP contribution in [-0.2, 0) is 27.9 Å². The number of carbonyl (C=O) groups is 1. The zero-order chi connectivity index (χ0) is 55.3. The number of ether oxygens (including phenoxy) is 2. The van der Waals surface area contributed by atoms with Gasteiger partial charge in [-0.25, -0.2) is 4.57 Å². The van der Waals surface area contributed by atoms with Crippen LogP contribution in [0.3, 0.4) is 0 Å². The molecule has 1 saturated heterocycles. The minimum Gasteiger partial charge on any atom is -0.394 e. The Hall–Kier alpha value is -0.900. The summed E-state index contributed by atoms with van der Waals surface area (Å²) in [6.45, 7) is 2.76. The van der Waals surface area contributed by atoms with Gasteiger partial charge in [-0.05, 0) is 12.8 Å². The van der Waals surface area contributed by atoms with Crippen LogP contribution in [0.1, 0.15) is 251 Å². The zero-order valence-electron chi connectivity index (χ0n) is 46.5. The summed E-state index contributed by atoms with van der Waals surface area (Å²) in [5.41, 5.74) is 0. The van der Waals surface area contributed by atoms with E-state index in [-0.39, 0.29) is 12.8 Å². The highest BCUT2D eigenvalue weighted by Gasteiger charge is 2.55. The molecule has 0 aromatic heterocycles. The van der Waals surface area contributed by atoms with E-state index in [4.69, 9.17) is 18.5 Å². The number of amides is 1. The van der Waals surface area contributed by atoms with Crippen molar-refractivity contribution in [1.82, 2.24) is 5.32 Å². The summed E-state index contributed by atoms with van der Waals surface area (Å²) in [4.78, 5) is 24.2. The molecule has 1 aliphatic heterocycles. The third kappa shape index (κ3) is 29.9. The predicted molar refractivity (Wildman–Crippen MR) is 289 cm³/mol. The van der Waals surface area contributed by atoms with E-state index in [1.807, 2.05) is 0 Å². The molecule has 18 nitrogen and oxygen atoms in total. The summed E-state index contributed by atoms with van der Waals surface area (Å²) in [6.07, 6.45) is 17.0. The number of phosphoric ester groups is 1. The highest BCUT2D eigenvalue weighted by atomic mass is 31.2. The highest BCUT2D eigenvalue weighted by Crippen LogP contribution is 2.48. The largest absolute Gasteiger partial charge is 0.472 e. The SMILES string of the molecule is CCCCCCCCCCCCCCCCCCCCCCCC(=O)N[C@@H](COP(=O)(O)O[C@@H]1[C@H](O)[C@H](O)[C@@H](O)[C@H](O)[C@H]1OC1O[C@H](CO)[C@@H](O)[C@H](O)[C@@H]1O)[C@H](O)C(O)CCCCCCCCCCCCCCCC. The Bertz CT molecular complexity index is 1420. The fourth-order valence-electron chi connectivity index (χ4n) is 10.4. The van der Waals surface area contributed by atoms with E-state index in [1.54, 1.807) is 0 Å². The van der Waals surface area contributed by atoms with E-state index >= 15 is 0 Å². The summed E-state index contributed by atoms with van der Waals surface area (Å²) in [5.74, 6) is -0.478. The molecule has 0 aromatic rings. The molecule has 1 amide bonds. The molecule has 0 aromatic carbocycles. The summed E-state index contributed by atoms with van der Waals surface area (Å²) in [6, 6.07) is -1.41. The molecule has 1 aliphatic carbocycles. The van der Waals surface area contributed by atoms with E-state index in [9.17, 15) is 65.3 Å². The number of rotatable bonds is 48. The molecule has 19 heteroatoms. The van der Waals surface area contributed by atoms with Crippen LogP contribution < -0.4 is 5.32 Å². The highest BCUT2D eigenvalue weighted by molar-refractivity contribution is 7.47. The Morgan fingerprint density at radius 2 is 0.867 bits per heavy atom. The Morgan fingerprint density at radius 3 is 1.27 bits per heavy atom. The van der Waals surface area contributed by atoms with Crippen molar-refractivity contribution < 1.29 is 83.8 Å². The number of aliphatic hydroxyl groups is 10. The lowest BCUT2D eigenvalue weighted by Crippen LogP contribution is -2.67. The second-order valence-electron chi connectivity index (χ2n) is 22.0. The number of carbonyl (C=O) groups excluding carboxylic acids is 1. The molecule has 75 heavy (non-hydrogen) atoms. The van der Waals surface area contributed by atoms with Gasteiger partial charge in [-0.3, -0.25) is 13.8 Å². The number of unbranched alkanes of at least 4 members (excludes halogenated alkanes) is 33. The van der Waals surface area contributed by atoms with Gasteiger partial charge < -0.3 is 70.7 Å². The third-order valence-electron chi connectivity index (χ3n) is 15.4. The Labute approximate surface area is 451 Å². The monoisotopic (exact) mass is 1100 g/mol. The van der Waals surface area contributed by atoms with Gasteiger partial charge >= 0.3 is 7.82 Å². The van der Waals surface area contributed by atoms with Crippen LogP contribution in [0.15, 0.2) is 0 Å². The van der Waals surface area contributed by atoms with Crippen molar-refractivity contribution in [1.29, 1.82) is 0 Å². The molecule has 446 valence electrons. The maximum absolute atomic E-state index is 13.6. The molecule has 2 aliphatic rings. The smallest absolute Gasteiger partial charge is 0.394 e. The van der Waals surface area contributed by atoms with Crippen LogP contribution in [0.4, 0.5) is 0 Å². The first-order valence-electron chi connectivity index (χ1n) is 30.1. The molecule has 3 unspecified atom stereocenters. The van der Waals surface area contributed by atoms with Crippen molar-refractivity contribution >= 4 is 13.7 Å².